The fourth-order valence-corrected chi connectivity index (χ4v) is 2.61. The molecule has 1 aliphatic rings. The number of ether oxygens (including phenoxy) is 1. The molecule has 0 aromatic heterocycles. The predicted octanol–water partition coefficient (Wildman–Crippen LogP) is 2.52. The summed E-state index contributed by atoms with van der Waals surface area (Å²) in [6.45, 7) is 7.97. The standard InChI is InChI=1S/C16H24N2O2/c1-4-20-16(2,3)11-18-15(19)13-9-10-17-14-8-6-5-7-12(13)14/h5-8,13,17H,4,9-11H2,1-3H3,(H,18,19). The summed E-state index contributed by atoms with van der Waals surface area (Å²) < 4.78 is 5.61. The molecular formula is C16H24N2O2. The molecule has 110 valence electrons. The average molecular weight is 276 g/mol. The monoisotopic (exact) mass is 276 g/mol. The minimum Gasteiger partial charge on any atom is -0.385 e. The van der Waals surface area contributed by atoms with Gasteiger partial charge in [-0.3, -0.25) is 4.79 Å². The Kier molecular flexibility index (Phi) is 4.65. The largest absolute Gasteiger partial charge is 0.385 e. The van der Waals surface area contributed by atoms with Crippen molar-refractivity contribution in [3.05, 3.63) is 29.8 Å². The number of benzene rings is 1. The summed E-state index contributed by atoms with van der Waals surface area (Å²) in [5.74, 6) is 0.0246. The Bertz CT molecular complexity index is 471. The van der Waals surface area contributed by atoms with Gasteiger partial charge >= 0.3 is 0 Å². The minimum atomic E-state index is -0.323. The predicted molar refractivity (Wildman–Crippen MR) is 81.0 cm³/mol. The van der Waals surface area contributed by atoms with Crippen molar-refractivity contribution in [1.82, 2.24) is 5.32 Å². The van der Waals surface area contributed by atoms with Gasteiger partial charge in [0.2, 0.25) is 5.91 Å². The first-order valence-electron chi connectivity index (χ1n) is 7.28. The molecule has 0 bridgehead atoms. The Morgan fingerprint density at radius 1 is 1.45 bits per heavy atom. The third-order valence-corrected chi connectivity index (χ3v) is 3.62. The molecule has 1 atom stereocenters. The smallest absolute Gasteiger partial charge is 0.227 e. The van der Waals surface area contributed by atoms with E-state index in [1.807, 2.05) is 45.0 Å². The lowest BCUT2D eigenvalue weighted by Crippen LogP contribution is -2.43. The highest BCUT2D eigenvalue weighted by atomic mass is 16.5. The van der Waals surface area contributed by atoms with Crippen LogP contribution >= 0.6 is 0 Å². The fourth-order valence-electron chi connectivity index (χ4n) is 2.61. The summed E-state index contributed by atoms with van der Waals surface area (Å²) >= 11 is 0. The molecule has 1 aromatic rings. The molecule has 1 heterocycles. The Hall–Kier alpha value is -1.55. The van der Waals surface area contributed by atoms with Crippen LogP contribution in [0, 0.1) is 0 Å². The van der Waals surface area contributed by atoms with Gasteiger partial charge in [0.05, 0.1) is 11.5 Å². The summed E-state index contributed by atoms with van der Waals surface area (Å²) in [6.07, 6.45) is 0.831. The van der Waals surface area contributed by atoms with Crippen molar-refractivity contribution in [3.63, 3.8) is 0 Å². The van der Waals surface area contributed by atoms with Gasteiger partial charge < -0.3 is 15.4 Å². The maximum atomic E-state index is 12.4. The fraction of sp³-hybridized carbons (Fsp3) is 0.562. The van der Waals surface area contributed by atoms with E-state index in [2.05, 4.69) is 10.6 Å². The van der Waals surface area contributed by atoms with Gasteiger partial charge in [-0.25, -0.2) is 0 Å². The third-order valence-electron chi connectivity index (χ3n) is 3.62. The van der Waals surface area contributed by atoms with E-state index in [0.29, 0.717) is 13.2 Å². The molecule has 0 aliphatic carbocycles. The lowest BCUT2D eigenvalue weighted by Gasteiger charge is -2.29. The first-order chi connectivity index (χ1) is 9.53. The Morgan fingerprint density at radius 3 is 2.95 bits per heavy atom. The lowest BCUT2D eigenvalue weighted by molar-refractivity contribution is -0.124. The summed E-state index contributed by atoms with van der Waals surface area (Å²) in [5.41, 5.74) is 1.84. The first-order valence-corrected chi connectivity index (χ1v) is 7.28. The van der Waals surface area contributed by atoms with Crippen LogP contribution in [0.25, 0.3) is 0 Å². The van der Waals surface area contributed by atoms with Gasteiger partial charge in [-0.05, 0) is 38.8 Å². The number of carbonyl (C=O) groups is 1. The second-order valence-electron chi connectivity index (χ2n) is 5.77. The Labute approximate surface area is 120 Å². The van der Waals surface area contributed by atoms with Gasteiger partial charge in [-0.2, -0.15) is 0 Å². The van der Waals surface area contributed by atoms with Crippen molar-refractivity contribution in [2.45, 2.75) is 38.7 Å². The van der Waals surface area contributed by atoms with Crippen molar-refractivity contribution < 1.29 is 9.53 Å². The summed E-state index contributed by atoms with van der Waals surface area (Å²) in [6, 6.07) is 8.03. The van der Waals surface area contributed by atoms with Crippen LogP contribution in [-0.2, 0) is 9.53 Å². The zero-order valence-corrected chi connectivity index (χ0v) is 12.5. The van der Waals surface area contributed by atoms with Crippen LogP contribution < -0.4 is 10.6 Å². The van der Waals surface area contributed by atoms with Gasteiger partial charge in [0.15, 0.2) is 0 Å². The molecule has 0 radical (unpaired) electrons. The van der Waals surface area contributed by atoms with Gasteiger partial charge in [0, 0.05) is 25.4 Å². The highest BCUT2D eigenvalue weighted by molar-refractivity contribution is 5.86. The lowest BCUT2D eigenvalue weighted by atomic mass is 9.90. The first kappa shape index (κ1) is 14.9. The molecule has 1 unspecified atom stereocenters. The number of hydrogen-bond acceptors (Lipinski definition) is 3. The van der Waals surface area contributed by atoms with Crippen LogP contribution in [-0.4, -0.2) is 31.2 Å². The molecule has 1 amide bonds. The molecule has 0 spiro atoms. The summed E-state index contributed by atoms with van der Waals surface area (Å²) in [5, 5.41) is 6.36. The maximum Gasteiger partial charge on any atom is 0.227 e. The highest BCUT2D eigenvalue weighted by Crippen LogP contribution is 2.31. The number of nitrogens with one attached hydrogen (secondary N) is 2. The van der Waals surface area contributed by atoms with Crippen LogP contribution in [0.1, 0.15) is 38.7 Å². The van der Waals surface area contributed by atoms with E-state index < -0.39 is 0 Å². The average Bonchev–Trinajstić information content (AvgIpc) is 2.44. The molecule has 2 N–H and O–H groups in total. The van der Waals surface area contributed by atoms with Crippen molar-refractivity contribution >= 4 is 11.6 Å². The molecule has 0 fully saturated rings. The number of carbonyl (C=O) groups excluding carboxylic acids is 1. The second-order valence-corrected chi connectivity index (χ2v) is 5.77. The van der Waals surface area contributed by atoms with Gasteiger partial charge in [0.25, 0.3) is 0 Å². The second kappa shape index (κ2) is 6.27. The molecule has 0 saturated carbocycles. The molecule has 1 aromatic carbocycles. The number of para-hydroxylation sites is 1. The van der Waals surface area contributed by atoms with Crippen molar-refractivity contribution in [2.24, 2.45) is 0 Å². The number of amides is 1. The van der Waals surface area contributed by atoms with Crippen LogP contribution in [0.2, 0.25) is 0 Å². The van der Waals surface area contributed by atoms with Gasteiger partial charge in [0.1, 0.15) is 0 Å². The molecule has 20 heavy (non-hydrogen) atoms. The molecule has 4 nitrogen and oxygen atoms in total. The van der Waals surface area contributed by atoms with Crippen LogP contribution in [0.15, 0.2) is 24.3 Å². The van der Waals surface area contributed by atoms with Crippen molar-refractivity contribution in [2.75, 3.05) is 25.0 Å². The van der Waals surface area contributed by atoms with E-state index in [4.69, 9.17) is 4.74 Å². The van der Waals surface area contributed by atoms with Crippen molar-refractivity contribution in [1.29, 1.82) is 0 Å². The molecule has 0 saturated heterocycles. The zero-order valence-electron chi connectivity index (χ0n) is 12.5. The van der Waals surface area contributed by atoms with E-state index in [-0.39, 0.29) is 17.4 Å². The third kappa shape index (κ3) is 3.51. The summed E-state index contributed by atoms with van der Waals surface area (Å²) in [7, 11) is 0. The summed E-state index contributed by atoms with van der Waals surface area (Å²) in [4.78, 5) is 12.4. The topological polar surface area (TPSA) is 50.4 Å². The number of fused-ring (bicyclic) bond motifs is 1. The minimum absolute atomic E-state index is 0.0649. The maximum absolute atomic E-state index is 12.4. The van der Waals surface area contributed by atoms with E-state index in [1.165, 1.54) is 0 Å². The molecular weight excluding hydrogens is 252 g/mol. The van der Waals surface area contributed by atoms with E-state index in [0.717, 1.165) is 24.2 Å². The zero-order chi connectivity index (χ0) is 14.6. The molecule has 4 heteroatoms. The van der Waals surface area contributed by atoms with Crippen LogP contribution in [0.5, 0.6) is 0 Å². The molecule has 1 aliphatic heterocycles. The number of rotatable bonds is 5. The van der Waals surface area contributed by atoms with E-state index in [1.54, 1.807) is 0 Å². The normalized spacial score (nSPS) is 18.1. The SMILES string of the molecule is CCOC(C)(C)CNC(=O)C1CCNc2ccccc21. The van der Waals surface area contributed by atoms with E-state index in [9.17, 15) is 4.79 Å². The molecule has 2 rings (SSSR count). The Balaban J connectivity index is 2.01. The van der Waals surface area contributed by atoms with Crippen LogP contribution in [0.4, 0.5) is 5.69 Å². The quantitative estimate of drug-likeness (QED) is 0.869. The number of anilines is 1. The van der Waals surface area contributed by atoms with Gasteiger partial charge in [-0.1, -0.05) is 18.2 Å². The van der Waals surface area contributed by atoms with Gasteiger partial charge in [-0.15, -0.1) is 0 Å². The van der Waals surface area contributed by atoms with Crippen molar-refractivity contribution in [3.8, 4) is 0 Å². The number of hydrogen-bond donors (Lipinski definition) is 2. The van der Waals surface area contributed by atoms with Crippen LogP contribution in [0.3, 0.4) is 0 Å². The highest BCUT2D eigenvalue weighted by Gasteiger charge is 2.27. The van der Waals surface area contributed by atoms with E-state index >= 15 is 0 Å². The Morgan fingerprint density at radius 2 is 2.20 bits per heavy atom.